The van der Waals surface area contributed by atoms with E-state index >= 15 is 0 Å². The van der Waals surface area contributed by atoms with Crippen molar-refractivity contribution in [3.8, 4) is 5.75 Å². The van der Waals surface area contributed by atoms with Gasteiger partial charge in [-0.15, -0.1) is 0 Å². The summed E-state index contributed by atoms with van der Waals surface area (Å²) in [5.41, 5.74) is 0.874. The quantitative estimate of drug-likeness (QED) is 0.899. The fourth-order valence-corrected chi connectivity index (χ4v) is 3.55. The molecule has 0 radical (unpaired) electrons. The molecule has 6 nitrogen and oxygen atoms in total. The molecule has 24 heavy (non-hydrogen) atoms. The van der Waals surface area contributed by atoms with Gasteiger partial charge in [0.15, 0.2) is 0 Å². The number of piperazine rings is 1. The Labute approximate surface area is 143 Å². The summed E-state index contributed by atoms with van der Waals surface area (Å²) in [6, 6.07) is 7.42. The van der Waals surface area contributed by atoms with Crippen LogP contribution >= 0.6 is 0 Å². The molecule has 1 aromatic rings. The van der Waals surface area contributed by atoms with Crippen molar-refractivity contribution >= 4 is 11.6 Å². The largest absolute Gasteiger partial charge is 0.506 e. The Morgan fingerprint density at radius 3 is 2.38 bits per heavy atom. The van der Waals surface area contributed by atoms with Crippen LogP contribution in [-0.4, -0.2) is 78.8 Å². The minimum absolute atomic E-state index is 0.107. The van der Waals surface area contributed by atoms with Crippen LogP contribution in [0.3, 0.4) is 0 Å². The summed E-state index contributed by atoms with van der Waals surface area (Å²) in [6.07, 6.45) is 0.214. The maximum atomic E-state index is 12.5. The minimum Gasteiger partial charge on any atom is -0.506 e. The molecule has 0 aliphatic carbocycles. The molecule has 2 saturated heterocycles. The number of anilines is 1. The third kappa shape index (κ3) is 3.99. The van der Waals surface area contributed by atoms with Crippen LogP contribution in [0.1, 0.15) is 13.8 Å². The molecule has 0 bridgehead atoms. The number of para-hydroxylation sites is 2. The first-order valence-electron chi connectivity index (χ1n) is 8.71. The topological polar surface area (TPSA) is 56.3 Å². The van der Waals surface area contributed by atoms with Crippen molar-refractivity contribution in [1.82, 2.24) is 9.80 Å². The smallest absolute Gasteiger partial charge is 0.236 e. The number of rotatable bonds is 3. The van der Waals surface area contributed by atoms with E-state index in [4.69, 9.17) is 4.74 Å². The van der Waals surface area contributed by atoms with Crippen molar-refractivity contribution in [1.29, 1.82) is 0 Å². The number of aromatic hydroxyl groups is 1. The highest BCUT2D eigenvalue weighted by Gasteiger charge is 2.28. The highest BCUT2D eigenvalue weighted by molar-refractivity contribution is 5.78. The molecule has 1 amide bonds. The van der Waals surface area contributed by atoms with Gasteiger partial charge in [0.05, 0.1) is 24.4 Å². The molecule has 1 N–H and O–H groups in total. The summed E-state index contributed by atoms with van der Waals surface area (Å²) < 4.78 is 5.69. The van der Waals surface area contributed by atoms with E-state index in [1.165, 1.54) is 0 Å². The summed E-state index contributed by atoms with van der Waals surface area (Å²) in [6.45, 7) is 9.16. The standard InChI is InChI=1S/C18H27N3O3/c1-14-11-21(12-15(2)24-14)18(23)13-19-7-9-20(10-8-19)16-5-3-4-6-17(16)22/h3-6,14-15,22H,7-13H2,1-2H3/t14-,15+. The van der Waals surface area contributed by atoms with Gasteiger partial charge in [0.2, 0.25) is 5.91 Å². The molecule has 6 heteroatoms. The number of phenolic OH excluding ortho intramolecular Hbond substituents is 1. The maximum Gasteiger partial charge on any atom is 0.236 e. The molecule has 2 aliphatic rings. The molecular weight excluding hydrogens is 306 g/mol. The number of ether oxygens (including phenoxy) is 1. The van der Waals surface area contributed by atoms with Gasteiger partial charge in [0.25, 0.3) is 0 Å². The normalized spacial score (nSPS) is 25.8. The molecule has 2 fully saturated rings. The Morgan fingerprint density at radius 1 is 1.12 bits per heavy atom. The Balaban J connectivity index is 1.50. The predicted molar refractivity (Wildman–Crippen MR) is 93.3 cm³/mol. The lowest BCUT2D eigenvalue weighted by Crippen LogP contribution is -2.53. The van der Waals surface area contributed by atoms with Gasteiger partial charge in [-0.1, -0.05) is 12.1 Å². The second kappa shape index (κ2) is 7.40. The van der Waals surface area contributed by atoms with Gasteiger partial charge >= 0.3 is 0 Å². The molecule has 0 unspecified atom stereocenters. The summed E-state index contributed by atoms with van der Waals surface area (Å²) in [7, 11) is 0. The zero-order valence-electron chi connectivity index (χ0n) is 14.5. The number of hydrogen-bond donors (Lipinski definition) is 1. The Morgan fingerprint density at radius 2 is 1.75 bits per heavy atom. The van der Waals surface area contributed by atoms with E-state index < -0.39 is 0 Å². The third-order valence-corrected chi connectivity index (χ3v) is 4.73. The van der Waals surface area contributed by atoms with Crippen LogP contribution < -0.4 is 4.90 Å². The van der Waals surface area contributed by atoms with E-state index in [9.17, 15) is 9.90 Å². The predicted octanol–water partition coefficient (Wildman–Crippen LogP) is 1.15. The van der Waals surface area contributed by atoms with Crippen molar-refractivity contribution in [2.24, 2.45) is 0 Å². The number of benzene rings is 1. The zero-order chi connectivity index (χ0) is 17.1. The SMILES string of the molecule is C[C@@H]1CN(C(=O)CN2CCN(c3ccccc3O)CC2)C[C@H](C)O1. The van der Waals surface area contributed by atoms with Crippen molar-refractivity contribution in [3.05, 3.63) is 24.3 Å². The first-order chi connectivity index (χ1) is 11.5. The van der Waals surface area contributed by atoms with Crippen LogP contribution in [0.5, 0.6) is 5.75 Å². The zero-order valence-corrected chi connectivity index (χ0v) is 14.5. The molecule has 1 aromatic carbocycles. The van der Waals surface area contributed by atoms with E-state index in [1.807, 2.05) is 36.9 Å². The lowest BCUT2D eigenvalue weighted by Gasteiger charge is -2.39. The highest BCUT2D eigenvalue weighted by Crippen LogP contribution is 2.27. The van der Waals surface area contributed by atoms with Gasteiger partial charge in [0.1, 0.15) is 5.75 Å². The van der Waals surface area contributed by atoms with Gasteiger partial charge in [-0.3, -0.25) is 9.69 Å². The van der Waals surface area contributed by atoms with Crippen LogP contribution in [0.15, 0.2) is 24.3 Å². The van der Waals surface area contributed by atoms with Crippen molar-refractivity contribution in [2.75, 3.05) is 50.7 Å². The molecular formula is C18H27N3O3. The van der Waals surface area contributed by atoms with Crippen LogP contribution in [0, 0.1) is 0 Å². The lowest BCUT2D eigenvalue weighted by atomic mass is 10.2. The molecule has 0 aromatic heterocycles. The van der Waals surface area contributed by atoms with Crippen molar-refractivity contribution in [3.63, 3.8) is 0 Å². The van der Waals surface area contributed by atoms with E-state index in [0.29, 0.717) is 25.4 Å². The van der Waals surface area contributed by atoms with Crippen LogP contribution in [0.25, 0.3) is 0 Å². The van der Waals surface area contributed by atoms with E-state index in [0.717, 1.165) is 31.9 Å². The molecule has 2 aliphatic heterocycles. The van der Waals surface area contributed by atoms with Crippen LogP contribution in [-0.2, 0) is 9.53 Å². The first-order valence-corrected chi connectivity index (χ1v) is 8.71. The van der Waals surface area contributed by atoms with Crippen molar-refractivity contribution in [2.45, 2.75) is 26.1 Å². The number of amides is 1. The van der Waals surface area contributed by atoms with Crippen LogP contribution in [0.2, 0.25) is 0 Å². The summed E-state index contributed by atoms with van der Waals surface area (Å²) in [5.74, 6) is 0.506. The van der Waals surface area contributed by atoms with Gasteiger partial charge in [0, 0.05) is 39.3 Å². The average Bonchev–Trinajstić information content (AvgIpc) is 2.55. The Kier molecular flexibility index (Phi) is 5.26. The van der Waals surface area contributed by atoms with E-state index in [1.54, 1.807) is 6.07 Å². The van der Waals surface area contributed by atoms with Crippen molar-refractivity contribution < 1.29 is 14.6 Å². The minimum atomic E-state index is 0.107. The lowest BCUT2D eigenvalue weighted by molar-refractivity contribution is -0.144. The van der Waals surface area contributed by atoms with Gasteiger partial charge in [-0.05, 0) is 26.0 Å². The highest BCUT2D eigenvalue weighted by atomic mass is 16.5. The monoisotopic (exact) mass is 333 g/mol. The van der Waals surface area contributed by atoms with E-state index in [2.05, 4.69) is 9.80 Å². The van der Waals surface area contributed by atoms with Gasteiger partial charge in [-0.2, -0.15) is 0 Å². The second-order valence-electron chi connectivity index (χ2n) is 6.81. The fraction of sp³-hybridized carbons (Fsp3) is 0.611. The number of phenols is 1. The van der Waals surface area contributed by atoms with Gasteiger partial charge in [-0.25, -0.2) is 0 Å². The first kappa shape index (κ1) is 17.0. The Bertz CT molecular complexity index is 562. The number of nitrogens with zero attached hydrogens (tertiary/aromatic N) is 3. The average molecular weight is 333 g/mol. The molecule has 0 saturated carbocycles. The second-order valence-corrected chi connectivity index (χ2v) is 6.81. The summed E-state index contributed by atoms with van der Waals surface area (Å²) >= 11 is 0. The molecule has 2 atom stereocenters. The summed E-state index contributed by atoms with van der Waals surface area (Å²) in [4.78, 5) is 18.8. The maximum absolute atomic E-state index is 12.5. The van der Waals surface area contributed by atoms with Crippen LogP contribution in [0.4, 0.5) is 5.69 Å². The number of morpholine rings is 1. The number of hydrogen-bond acceptors (Lipinski definition) is 5. The Hall–Kier alpha value is -1.79. The molecule has 2 heterocycles. The fourth-order valence-electron chi connectivity index (χ4n) is 3.55. The third-order valence-electron chi connectivity index (χ3n) is 4.73. The number of carbonyl (C=O) groups is 1. The molecule has 0 spiro atoms. The number of carbonyl (C=O) groups excluding carboxylic acids is 1. The molecule has 3 rings (SSSR count). The molecule has 132 valence electrons. The van der Waals surface area contributed by atoms with E-state index in [-0.39, 0.29) is 18.1 Å². The van der Waals surface area contributed by atoms with Gasteiger partial charge < -0.3 is 19.6 Å². The summed E-state index contributed by atoms with van der Waals surface area (Å²) in [5, 5.41) is 9.97.